The number of halogens is 1. The van der Waals surface area contributed by atoms with Crippen molar-refractivity contribution in [1.82, 2.24) is 9.97 Å². The number of aromatic nitrogens is 2. The molecule has 0 fully saturated rings. The summed E-state index contributed by atoms with van der Waals surface area (Å²) in [5.74, 6) is 0.151. The Morgan fingerprint density at radius 2 is 2.09 bits per heavy atom. The zero-order valence-corrected chi connectivity index (χ0v) is 14.4. The van der Waals surface area contributed by atoms with Gasteiger partial charge in [-0.2, -0.15) is 0 Å². The molecular formula is C17H21ClN4O. The number of aryl methyl sites for hydroxylation is 2. The number of hydrogen-bond acceptors (Lipinski definition) is 4. The number of carbonyl (C=O) groups is 1. The first-order valence-electron chi connectivity index (χ1n) is 7.66. The second-order valence-corrected chi connectivity index (χ2v) is 5.85. The van der Waals surface area contributed by atoms with Crippen molar-refractivity contribution in [2.24, 2.45) is 0 Å². The van der Waals surface area contributed by atoms with Gasteiger partial charge in [-0.1, -0.05) is 31.0 Å². The number of benzene rings is 1. The third-order valence-electron chi connectivity index (χ3n) is 3.37. The summed E-state index contributed by atoms with van der Waals surface area (Å²) in [6.07, 6.45) is 3.68. The Bertz CT molecular complexity index is 680. The van der Waals surface area contributed by atoms with Gasteiger partial charge < -0.3 is 10.6 Å². The zero-order valence-electron chi connectivity index (χ0n) is 13.6. The molecule has 0 radical (unpaired) electrons. The molecule has 1 heterocycles. The minimum Gasteiger partial charge on any atom is -0.354 e. The van der Waals surface area contributed by atoms with Crippen molar-refractivity contribution < 1.29 is 4.79 Å². The summed E-state index contributed by atoms with van der Waals surface area (Å²) in [5.41, 5.74) is 2.88. The van der Waals surface area contributed by atoms with Crippen LogP contribution >= 0.6 is 11.6 Å². The number of hydrogen-bond donors (Lipinski definition) is 2. The predicted molar refractivity (Wildman–Crippen MR) is 94.3 cm³/mol. The molecule has 2 N–H and O–H groups in total. The Labute approximate surface area is 141 Å². The molecule has 122 valence electrons. The maximum atomic E-state index is 12.4. The summed E-state index contributed by atoms with van der Waals surface area (Å²) in [6.45, 7) is 6.76. The molecule has 0 aliphatic rings. The van der Waals surface area contributed by atoms with E-state index in [1.165, 1.54) is 0 Å². The van der Waals surface area contributed by atoms with Crippen LogP contribution in [-0.2, 0) is 0 Å². The number of nitrogens with zero attached hydrogens (tertiary/aromatic N) is 2. The van der Waals surface area contributed by atoms with Gasteiger partial charge in [0.2, 0.25) is 5.95 Å². The SMILES string of the molecule is CCCCNc1nccc(C(=O)Nc2c(C)cc(C)cc2Cl)n1. The molecule has 0 atom stereocenters. The van der Waals surface area contributed by atoms with Crippen LogP contribution in [0.3, 0.4) is 0 Å². The van der Waals surface area contributed by atoms with Crippen LogP contribution in [0, 0.1) is 13.8 Å². The topological polar surface area (TPSA) is 66.9 Å². The van der Waals surface area contributed by atoms with Crippen molar-refractivity contribution in [2.75, 3.05) is 17.2 Å². The second kappa shape index (κ2) is 7.92. The summed E-state index contributed by atoms with van der Waals surface area (Å²) in [6, 6.07) is 5.37. The quantitative estimate of drug-likeness (QED) is 0.777. The smallest absolute Gasteiger partial charge is 0.274 e. The number of amides is 1. The third-order valence-corrected chi connectivity index (χ3v) is 3.67. The molecule has 0 saturated carbocycles. The van der Waals surface area contributed by atoms with E-state index >= 15 is 0 Å². The molecule has 1 aromatic carbocycles. The van der Waals surface area contributed by atoms with Crippen molar-refractivity contribution >= 4 is 29.1 Å². The van der Waals surface area contributed by atoms with E-state index in [0.717, 1.165) is 30.5 Å². The lowest BCUT2D eigenvalue weighted by atomic mass is 10.1. The highest BCUT2D eigenvalue weighted by molar-refractivity contribution is 6.34. The number of carbonyl (C=O) groups excluding carboxylic acids is 1. The third kappa shape index (κ3) is 4.66. The molecule has 0 unspecified atom stereocenters. The van der Waals surface area contributed by atoms with Crippen LogP contribution in [0.2, 0.25) is 5.02 Å². The number of anilines is 2. The van der Waals surface area contributed by atoms with Gasteiger partial charge in [-0.05, 0) is 43.5 Å². The van der Waals surface area contributed by atoms with Gasteiger partial charge in [0.25, 0.3) is 5.91 Å². The van der Waals surface area contributed by atoms with Gasteiger partial charge >= 0.3 is 0 Å². The average molecular weight is 333 g/mol. The van der Waals surface area contributed by atoms with Gasteiger partial charge in [-0.25, -0.2) is 9.97 Å². The average Bonchev–Trinajstić information content (AvgIpc) is 2.51. The van der Waals surface area contributed by atoms with Gasteiger partial charge in [-0.15, -0.1) is 0 Å². The van der Waals surface area contributed by atoms with Crippen LogP contribution in [0.4, 0.5) is 11.6 Å². The number of unbranched alkanes of at least 4 members (excludes halogenated alkanes) is 1. The fourth-order valence-electron chi connectivity index (χ4n) is 2.20. The number of nitrogens with one attached hydrogen (secondary N) is 2. The van der Waals surface area contributed by atoms with E-state index in [9.17, 15) is 4.79 Å². The standard InChI is InChI=1S/C17H21ClN4O/c1-4-5-7-19-17-20-8-6-14(21-17)16(23)22-15-12(3)9-11(2)10-13(15)18/h6,8-10H,4-5,7H2,1-3H3,(H,22,23)(H,19,20,21). The minimum absolute atomic E-state index is 0.301. The first-order valence-corrected chi connectivity index (χ1v) is 8.04. The molecular weight excluding hydrogens is 312 g/mol. The summed E-state index contributed by atoms with van der Waals surface area (Å²) in [7, 11) is 0. The van der Waals surface area contributed by atoms with Crippen LogP contribution in [0.25, 0.3) is 0 Å². The Kier molecular flexibility index (Phi) is 5.93. The Morgan fingerprint density at radius 3 is 2.78 bits per heavy atom. The Hall–Kier alpha value is -2.14. The van der Waals surface area contributed by atoms with E-state index in [1.54, 1.807) is 12.3 Å². The molecule has 1 aromatic heterocycles. The maximum Gasteiger partial charge on any atom is 0.274 e. The highest BCUT2D eigenvalue weighted by Gasteiger charge is 2.13. The van der Waals surface area contributed by atoms with Crippen LogP contribution in [0.15, 0.2) is 24.4 Å². The lowest BCUT2D eigenvalue weighted by Crippen LogP contribution is -2.16. The van der Waals surface area contributed by atoms with Gasteiger partial charge in [0.15, 0.2) is 0 Å². The summed E-state index contributed by atoms with van der Waals surface area (Å²) < 4.78 is 0. The maximum absolute atomic E-state index is 12.4. The van der Waals surface area contributed by atoms with Crippen molar-refractivity contribution in [1.29, 1.82) is 0 Å². The first kappa shape index (κ1) is 17.2. The second-order valence-electron chi connectivity index (χ2n) is 5.44. The van der Waals surface area contributed by atoms with Gasteiger partial charge in [-0.3, -0.25) is 4.79 Å². The van der Waals surface area contributed by atoms with Crippen molar-refractivity contribution in [2.45, 2.75) is 33.6 Å². The highest BCUT2D eigenvalue weighted by atomic mass is 35.5. The van der Waals surface area contributed by atoms with Crippen molar-refractivity contribution in [3.8, 4) is 0 Å². The predicted octanol–water partition coefficient (Wildman–Crippen LogP) is 4.21. The summed E-state index contributed by atoms with van der Waals surface area (Å²) in [4.78, 5) is 20.8. The molecule has 0 saturated heterocycles. The first-order chi connectivity index (χ1) is 11.0. The molecule has 23 heavy (non-hydrogen) atoms. The molecule has 2 rings (SSSR count). The molecule has 2 aromatic rings. The van der Waals surface area contributed by atoms with E-state index in [-0.39, 0.29) is 5.91 Å². The number of rotatable bonds is 6. The molecule has 0 aliphatic carbocycles. The Morgan fingerprint density at radius 1 is 1.30 bits per heavy atom. The normalized spacial score (nSPS) is 10.4. The zero-order chi connectivity index (χ0) is 16.8. The molecule has 0 bridgehead atoms. The van der Waals surface area contributed by atoms with Crippen molar-refractivity contribution in [3.63, 3.8) is 0 Å². The van der Waals surface area contributed by atoms with E-state index in [1.807, 2.05) is 26.0 Å². The fourth-order valence-corrected chi connectivity index (χ4v) is 2.57. The lowest BCUT2D eigenvalue weighted by Gasteiger charge is -2.11. The van der Waals surface area contributed by atoms with E-state index in [2.05, 4.69) is 27.5 Å². The lowest BCUT2D eigenvalue weighted by molar-refractivity contribution is 0.102. The molecule has 0 spiro atoms. The summed E-state index contributed by atoms with van der Waals surface area (Å²) in [5, 5.41) is 6.45. The van der Waals surface area contributed by atoms with E-state index < -0.39 is 0 Å². The largest absolute Gasteiger partial charge is 0.354 e. The molecule has 1 amide bonds. The minimum atomic E-state index is -0.306. The van der Waals surface area contributed by atoms with Gasteiger partial charge in [0, 0.05) is 12.7 Å². The van der Waals surface area contributed by atoms with Crippen molar-refractivity contribution in [3.05, 3.63) is 46.2 Å². The van der Waals surface area contributed by atoms with E-state index in [4.69, 9.17) is 11.6 Å². The molecule has 5 nitrogen and oxygen atoms in total. The van der Waals surface area contributed by atoms with Crippen LogP contribution in [0.1, 0.15) is 41.4 Å². The van der Waals surface area contributed by atoms with Gasteiger partial charge in [0.05, 0.1) is 10.7 Å². The monoisotopic (exact) mass is 332 g/mol. The molecule has 0 aliphatic heterocycles. The summed E-state index contributed by atoms with van der Waals surface area (Å²) >= 11 is 6.22. The van der Waals surface area contributed by atoms with Gasteiger partial charge in [0.1, 0.15) is 5.69 Å². The van der Waals surface area contributed by atoms with E-state index in [0.29, 0.717) is 22.4 Å². The Balaban J connectivity index is 2.13. The van der Waals surface area contributed by atoms with Crippen LogP contribution in [-0.4, -0.2) is 22.4 Å². The van der Waals surface area contributed by atoms with Crippen LogP contribution in [0.5, 0.6) is 0 Å². The van der Waals surface area contributed by atoms with Crippen LogP contribution < -0.4 is 10.6 Å². The highest BCUT2D eigenvalue weighted by Crippen LogP contribution is 2.27. The fraction of sp³-hybridized carbons (Fsp3) is 0.353. The molecule has 6 heteroatoms.